The molecule has 7 nitrogen and oxygen atoms in total. The monoisotopic (exact) mass is 295 g/mol. The van der Waals surface area contributed by atoms with Crippen molar-refractivity contribution in [1.82, 2.24) is 15.0 Å². The summed E-state index contributed by atoms with van der Waals surface area (Å²) in [5.74, 6) is 1.22. The van der Waals surface area contributed by atoms with E-state index in [2.05, 4.69) is 45.9 Å². The molecule has 0 bridgehead atoms. The fourth-order valence-corrected chi connectivity index (χ4v) is 2.31. The van der Waals surface area contributed by atoms with E-state index in [-0.39, 0.29) is 12.1 Å². The minimum Gasteiger partial charge on any atom is -0.467 e. The Hall–Kier alpha value is -1.63. The number of hydrogen-bond acceptors (Lipinski definition) is 7. The van der Waals surface area contributed by atoms with Crippen molar-refractivity contribution in [3.63, 3.8) is 0 Å². The first-order valence-corrected chi connectivity index (χ1v) is 7.60. The van der Waals surface area contributed by atoms with Crippen molar-refractivity contribution < 1.29 is 9.47 Å². The fourth-order valence-electron chi connectivity index (χ4n) is 2.31. The van der Waals surface area contributed by atoms with Gasteiger partial charge < -0.3 is 19.7 Å². The minimum absolute atomic E-state index is 0.169. The number of anilines is 2. The van der Waals surface area contributed by atoms with Gasteiger partial charge in [0.15, 0.2) is 0 Å². The Labute approximate surface area is 126 Å². The number of hydrogen-bond donors (Lipinski definition) is 1. The average molecular weight is 295 g/mol. The van der Waals surface area contributed by atoms with Gasteiger partial charge in [-0.25, -0.2) is 0 Å². The van der Waals surface area contributed by atoms with Crippen molar-refractivity contribution in [1.29, 1.82) is 0 Å². The van der Waals surface area contributed by atoms with Crippen LogP contribution in [0.5, 0.6) is 6.01 Å². The molecule has 118 valence electrons. The molecule has 0 amide bonds. The summed E-state index contributed by atoms with van der Waals surface area (Å²) in [6.45, 7) is 8.61. The van der Waals surface area contributed by atoms with Gasteiger partial charge in [-0.15, -0.1) is 0 Å². The van der Waals surface area contributed by atoms with Gasteiger partial charge in [0.25, 0.3) is 0 Å². The van der Waals surface area contributed by atoms with Gasteiger partial charge in [0.1, 0.15) is 0 Å². The quantitative estimate of drug-likeness (QED) is 0.856. The third-order valence-corrected chi connectivity index (χ3v) is 3.51. The van der Waals surface area contributed by atoms with Crippen LogP contribution >= 0.6 is 0 Å². The summed E-state index contributed by atoms with van der Waals surface area (Å²) >= 11 is 0. The number of rotatable bonds is 6. The predicted octanol–water partition coefficient (Wildman–Crippen LogP) is 1.71. The molecular weight excluding hydrogens is 270 g/mol. The van der Waals surface area contributed by atoms with Crippen molar-refractivity contribution >= 4 is 11.9 Å². The molecule has 21 heavy (non-hydrogen) atoms. The van der Waals surface area contributed by atoms with Crippen LogP contribution in [0.2, 0.25) is 0 Å². The summed E-state index contributed by atoms with van der Waals surface area (Å²) in [5.41, 5.74) is 0. The highest BCUT2D eigenvalue weighted by atomic mass is 16.5. The molecule has 0 saturated carbocycles. The molecule has 1 aliphatic heterocycles. The fraction of sp³-hybridized carbons (Fsp3) is 0.786. The topological polar surface area (TPSA) is 72.4 Å². The second kappa shape index (κ2) is 7.40. The van der Waals surface area contributed by atoms with E-state index >= 15 is 0 Å². The van der Waals surface area contributed by atoms with Gasteiger partial charge in [0.05, 0.1) is 25.9 Å². The molecule has 0 aliphatic carbocycles. The van der Waals surface area contributed by atoms with Crippen LogP contribution in [-0.4, -0.2) is 53.9 Å². The standard InChI is InChI=1S/C14H25N5O2/c1-5-7-15-12-16-13(18-14(17-12)20-4)19-8-10(3)21-9-11(19)6-2/h10-11H,5-9H2,1-4H3,(H,15,16,17,18). The van der Waals surface area contributed by atoms with Crippen LogP contribution in [0.4, 0.5) is 11.9 Å². The van der Waals surface area contributed by atoms with Gasteiger partial charge in [-0.2, -0.15) is 15.0 Å². The van der Waals surface area contributed by atoms with E-state index in [0.717, 1.165) is 25.9 Å². The number of morpholine rings is 1. The van der Waals surface area contributed by atoms with Crippen LogP contribution in [0.3, 0.4) is 0 Å². The Balaban J connectivity index is 2.26. The highest BCUT2D eigenvalue weighted by molar-refractivity contribution is 5.40. The first kappa shape index (κ1) is 15.8. The molecule has 0 spiro atoms. The third kappa shape index (κ3) is 3.93. The van der Waals surface area contributed by atoms with E-state index < -0.39 is 0 Å². The zero-order valence-corrected chi connectivity index (χ0v) is 13.3. The molecular formula is C14H25N5O2. The smallest absolute Gasteiger partial charge is 0.322 e. The zero-order valence-electron chi connectivity index (χ0n) is 13.3. The van der Waals surface area contributed by atoms with Gasteiger partial charge in [0, 0.05) is 13.1 Å². The second-order valence-corrected chi connectivity index (χ2v) is 5.23. The molecule has 1 aromatic heterocycles. The number of methoxy groups -OCH3 is 1. The van der Waals surface area contributed by atoms with Crippen LogP contribution < -0.4 is 15.0 Å². The largest absolute Gasteiger partial charge is 0.467 e. The number of ether oxygens (including phenoxy) is 2. The maximum absolute atomic E-state index is 5.73. The average Bonchev–Trinajstić information content (AvgIpc) is 2.52. The van der Waals surface area contributed by atoms with Gasteiger partial charge in [0.2, 0.25) is 11.9 Å². The van der Waals surface area contributed by atoms with E-state index in [0.29, 0.717) is 24.5 Å². The molecule has 2 rings (SSSR count). The molecule has 2 heterocycles. The Kier molecular flexibility index (Phi) is 5.55. The van der Waals surface area contributed by atoms with E-state index in [9.17, 15) is 0 Å². The summed E-state index contributed by atoms with van der Waals surface area (Å²) < 4.78 is 10.9. The van der Waals surface area contributed by atoms with Crippen LogP contribution in [-0.2, 0) is 4.74 Å². The lowest BCUT2D eigenvalue weighted by Gasteiger charge is -2.38. The van der Waals surface area contributed by atoms with Gasteiger partial charge >= 0.3 is 6.01 Å². The van der Waals surface area contributed by atoms with E-state index in [4.69, 9.17) is 9.47 Å². The van der Waals surface area contributed by atoms with Crippen LogP contribution in [0.1, 0.15) is 33.6 Å². The summed E-state index contributed by atoms with van der Waals surface area (Å²) in [7, 11) is 1.57. The van der Waals surface area contributed by atoms with Gasteiger partial charge in [-0.3, -0.25) is 0 Å². The first-order chi connectivity index (χ1) is 10.2. The van der Waals surface area contributed by atoms with Crippen molar-refractivity contribution in [3.8, 4) is 6.01 Å². The zero-order chi connectivity index (χ0) is 15.2. The van der Waals surface area contributed by atoms with Crippen LogP contribution in [0.15, 0.2) is 0 Å². The van der Waals surface area contributed by atoms with Gasteiger partial charge in [-0.1, -0.05) is 13.8 Å². The Bertz CT molecular complexity index is 457. The molecule has 7 heteroatoms. The summed E-state index contributed by atoms with van der Waals surface area (Å²) in [5, 5.41) is 3.19. The van der Waals surface area contributed by atoms with Crippen molar-refractivity contribution in [2.75, 3.05) is 37.0 Å². The Morgan fingerprint density at radius 1 is 1.33 bits per heavy atom. The summed E-state index contributed by atoms with van der Waals surface area (Å²) in [4.78, 5) is 15.4. The molecule has 2 atom stereocenters. The molecule has 1 fully saturated rings. The highest BCUT2D eigenvalue weighted by Gasteiger charge is 2.28. The van der Waals surface area contributed by atoms with Crippen LogP contribution in [0, 0.1) is 0 Å². The lowest BCUT2D eigenvalue weighted by atomic mass is 10.1. The molecule has 0 aromatic carbocycles. The summed E-state index contributed by atoms with van der Waals surface area (Å²) in [6, 6.07) is 0.625. The molecule has 1 saturated heterocycles. The van der Waals surface area contributed by atoms with Crippen molar-refractivity contribution in [3.05, 3.63) is 0 Å². The normalized spacial score (nSPS) is 22.2. The molecule has 1 aromatic rings. The number of aromatic nitrogens is 3. The molecule has 1 aliphatic rings. The second-order valence-electron chi connectivity index (χ2n) is 5.23. The minimum atomic E-state index is 0.169. The highest BCUT2D eigenvalue weighted by Crippen LogP contribution is 2.22. The summed E-state index contributed by atoms with van der Waals surface area (Å²) in [6.07, 6.45) is 2.16. The van der Waals surface area contributed by atoms with E-state index in [1.54, 1.807) is 7.11 Å². The lowest BCUT2D eigenvalue weighted by Crippen LogP contribution is -2.49. The lowest BCUT2D eigenvalue weighted by molar-refractivity contribution is 0.0292. The third-order valence-electron chi connectivity index (χ3n) is 3.51. The molecule has 0 radical (unpaired) electrons. The molecule has 2 unspecified atom stereocenters. The Morgan fingerprint density at radius 3 is 2.81 bits per heavy atom. The van der Waals surface area contributed by atoms with Crippen molar-refractivity contribution in [2.24, 2.45) is 0 Å². The molecule has 1 N–H and O–H groups in total. The van der Waals surface area contributed by atoms with E-state index in [1.165, 1.54) is 0 Å². The Morgan fingerprint density at radius 2 is 2.14 bits per heavy atom. The van der Waals surface area contributed by atoms with E-state index in [1.807, 2.05) is 0 Å². The van der Waals surface area contributed by atoms with Crippen molar-refractivity contribution in [2.45, 2.75) is 45.8 Å². The first-order valence-electron chi connectivity index (χ1n) is 7.60. The maximum atomic E-state index is 5.73. The number of nitrogens with one attached hydrogen (secondary N) is 1. The SMILES string of the molecule is CCCNc1nc(OC)nc(N2CC(C)OCC2CC)n1. The number of nitrogens with zero attached hydrogens (tertiary/aromatic N) is 4. The predicted molar refractivity (Wildman–Crippen MR) is 82.0 cm³/mol. The van der Waals surface area contributed by atoms with Crippen LogP contribution in [0.25, 0.3) is 0 Å². The van der Waals surface area contributed by atoms with Gasteiger partial charge in [-0.05, 0) is 19.8 Å². The maximum Gasteiger partial charge on any atom is 0.322 e.